The molecular formula is C24H34N2O7S. The predicted octanol–water partition coefficient (Wildman–Crippen LogP) is 3.86. The second-order valence-corrected chi connectivity index (χ2v) is 9.93. The molecule has 0 aliphatic carbocycles. The lowest BCUT2D eigenvalue weighted by molar-refractivity contribution is -0.137. The number of carbonyl (C=O) groups excluding carboxylic acids is 2. The minimum absolute atomic E-state index is 0.0666. The summed E-state index contributed by atoms with van der Waals surface area (Å²) in [6, 6.07) is 14.0. The summed E-state index contributed by atoms with van der Waals surface area (Å²) >= 11 is 0. The summed E-state index contributed by atoms with van der Waals surface area (Å²) in [6.45, 7) is 7.66. The van der Waals surface area contributed by atoms with Gasteiger partial charge in [-0.3, -0.25) is 4.55 Å². The van der Waals surface area contributed by atoms with E-state index in [2.05, 4.69) is 5.32 Å². The molecule has 0 bridgehead atoms. The highest BCUT2D eigenvalue weighted by Gasteiger charge is 2.25. The molecule has 0 fully saturated rings. The first-order valence-electron chi connectivity index (χ1n) is 10.8. The lowest BCUT2D eigenvalue weighted by Crippen LogP contribution is -2.45. The van der Waals surface area contributed by atoms with Gasteiger partial charge in [0.1, 0.15) is 17.4 Å². The third kappa shape index (κ3) is 12.3. The number of unbranched alkanes of at least 4 members (excludes halogenated alkanes) is 1. The highest BCUT2D eigenvalue weighted by atomic mass is 32.2. The standard InChI is InChI=1S/C17H26N2O4.C7H8O3S/c1-17(2,3)23-16(21)19-14(11-7-8-12-18)15(20)22-13-9-5-4-6-10-13;1-6-2-4-7(5-3-6)11(8,9)10/h4-6,9-10,14H,7-8,11-12,18H2,1-3H3,(H,19,21);2-5H,1H3,(H,8,9,10)/t14-;/m0./s1. The summed E-state index contributed by atoms with van der Waals surface area (Å²) in [4.78, 5) is 24.1. The summed E-state index contributed by atoms with van der Waals surface area (Å²) in [5.74, 6) is -0.0774. The van der Waals surface area contributed by atoms with Gasteiger partial charge in [-0.2, -0.15) is 8.42 Å². The number of alkyl carbamates (subject to hydrolysis) is 1. The third-order valence-electron chi connectivity index (χ3n) is 4.20. The quantitative estimate of drug-likeness (QED) is 0.217. The molecule has 9 nitrogen and oxygen atoms in total. The molecule has 2 rings (SSSR count). The number of nitrogens with one attached hydrogen (secondary N) is 1. The number of esters is 1. The largest absolute Gasteiger partial charge is 0.444 e. The number of hydrogen-bond acceptors (Lipinski definition) is 7. The average Bonchev–Trinajstić information content (AvgIpc) is 2.72. The van der Waals surface area contributed by atoms with Crippen molar-refractivity contribution in [3.05, 3.63) is 60.2 Å². The number of carbonyl (C=O) groups is 2. The molecule has 10 heteroatoms. The van der Waals surface area contributed by atoms with Crippen LogP contribution < -0.4 is 15.8 Å². The van der Waals surface area contributed by atoms with Crippen molar-refractivity contribution in [1.82, 2.24) is 5.32 Å². The number of rotatable bonds is 8. The molecule has 0 radical (unpaired) electrons. The van der Waals surface area contributed by atoms with Crippen molar-refractivity contribution in [3.63, 3.8) is 0 Å². The zero-order valence-electron chi connectivity index (χ0n) is 20.0. The summed E-state index contributed by atoms with van der Waals surface area (Å²) in [6.07, 6.45) is 1.29. The van der Waals surface area contributed by atoms with Gasteiger partial charge in [-0.15, -0.1) is 0 Å². The molecule has 2 aromatic carbocycles. The fourth-order valence-corrected chi connectivity index (χ4v) is 3.06. The van der Waals surface area contributed by atoms with Crippen LogP contribution >= 0.6 is 0 Å². The molecular weight excluding hydrogens is 460 g/mol. The first-order chi connectivity index (χ1) is 15.8. The first-order valence-corrected chi connectivity index (χ1v) is 12.3. The Kier molecular flexibility index (Phi) is 11.7. The van der Waals surface area contributed by atoms with Crippen molar-refractivity contribution in [2.75, 3.05) is 6.54 Å². The molecule has 34 heavy (non-hydrogen) atoms. The third-order valence-corrected chi connectivity index (χ3v) is 5.07. The SMILES string of the molecule is CC(C)(C)OC(=O)N[C@@H](CCCCN)C(=O)Oc1ccccc1.Cc1ccc(S(=O)(=O)O)cc1. The van der Waals surface area contributed by atoms with Crippen LogP contribution in [0.15, 0.2) is 59.5 Å². The van der Waals surface area contributed by atoms with E-state index in [1.54, 1.807) is 57.2 Å². The molecule has 4 N–H and O–H groups in total. The van der Waals surface area contributed by atoms with Gasteiger partial charge < -0.3 is 20.5 Å². The first kappa shape index (κ1) is 29.1. The Labute approximate surface area is 201 Å². The van der Waals surface area contributed by atoms with E-state index in [0.717, 1.165) is 12.0 Å². The maximum absolute atomic E-state index is 12.3. The molecule has 0 aromatic heterocycles. The van der Waals surface area contributed by atoms with Crippen molar-refractivity contribution < 1.29 is 32.0 Å². The zero-order chi connectivity index (χ0) is 25.8. The topological polar surface area (TPSA) is 145 Å². The van der Waals surface area contributed by atoms with Crippen molar-refractivity contribution in [1.29, 1.82) is 0 Å². The van der Waals surface area contributed by atoms with E-state index in [0.29, 0.717) is 25.1 Å². The van der Waals surface area contributed by atoms with Crippen LogP contribution in [0.25, 0.3) is 0 Å². The summed E-state index contributed by atoms with van der Waals surface area (Å²) in [5.41, 5.74) is 5.80. The molecule has 1 amide bonds. The van der Waals surface area contributed by atoms with Crippen LogP contribution in [0, 0.1) is 6.92 Å². The Morgan fingerprint density at radius 1 is 1.03 bits per heavy atom. The second kappa shape index (κ2) is 13.7. The van der Waals surface area contributed by atoms with Gasteiger partial charge >= 0.3 is 12.1 Å². The van der Waals surface area contributed by atoms with Crippen molar-refractivity contribution >= 4 is 22.2 Å². The van der Waals surface area contributed by atoms with Crippen LogP contribution in [0.5, 0.6) is 5.75 Å². The Bertz CT molecular complexity index is 1000. The van der Waals surface area contributed by atoms with E-state index in [1.165, 1.54) is 12.1 Å². The van der Waals surface area contributed by atoms with E-state index in [1.807, 2.05) is 13.0 Å². The monoisotopic (exact) mass is 494 g/mol. The highest BCUT2D eigenvalue weighted by molar-refractivity contribution is 7.85. The maximum atomic E-state index is 12.3. The fourth-order valence-electron chi connectivity index (χ4n) is 2.58. The molecule has 0 unspecified atom stereocenters. The normalized spacial score (nSPS) is 12.1. The van der Waals surface area contributed by atoms with Crippen LogP contribution in [0.1, 0.15) is 45.6 Å². The van der Waals surface area contributed by atoms with Crippen molar-refractivity contribution in [2.24, 2.45) is 5.73 Å². The number of nitrogens with two attached hydrogens (primary N) is 1. The Balaban J connectivity index is 0.000000437. The summed E-state index contributed by atoms with van der Waals surface area (Å²) < 4.78 is 40.0. The number of amides is 1. The van der Waals surface area contributed by atoms with Gasteiger partial charge in [0.15, 0.2) is 0 Å². The Hall–Kier alpha value is -2.95. The van der Waals surface area contributed by atoms with E-state index >= 15 is 0 Å². The van der Waals surface area contributed by atoms with Crippen LogP contribution in [0.3, 0.4) is 0 Å². The van der Waals surface area contributed by atoms with Crippen molar-refractivity contribution in [2.45, 2.75) is 63.5 Å². The second-order valence-electron chi connectivity index (χ2n) is 8.51. The van der Waals surface area contributed by atoms with E-state index in [9.17, 15) is 18.0 Å². The van der Waals surface area contributed by atoms with Crippen LogP contribution in [0.4, 0.5) is 4.79 Å². The molecule has 0 spiro atoms. The van der Waals surface area contributed by atoms with E-state index < -0.39 is 33.8 Å². The van der Waals surface area contributed by atoms with Gasteiger partial charge in [0.25, 0.3) is 10.1 Å². The van der Waals surface area contributed by atoms with Gasteiger partial charge in [-0.05, 0) is 77.8 Å². The molecule has 1 atom stereocenters. The number of para-hydroxylation sites is 1. The molecule has 0 saturated heterocycles. The lowest BCUT2D eigenvalue weighted by atomic mass is 10.1. The Morgan fingerprint density at radius 3 is 2.12 bits per heavy atom. The molecule has 2 aromatic rings. The number of ether oxygens (including phenoxy) is 2. The van der Waals surface area contributed by atoms with Crippen LogP contribution in [-0.4, -0.2) is 43.2 Å². The number of benzene rings is 2. The predicted molar refractivity (Wildman–Crippen MR) is 129 cm³/mol. The summed E-state index contributed by atoms with van der Waals surface area (Å²) in [5, 5.41) is 2.58. The molecule has 0 aliphatic rings. The van der Waals surface area contributed by atoms with E-state index in [-0.39, 0.29) is 4.90 Å². The van der Waals surface area contributed by atoms with Gasteiger partial charge in [-0.1, -0.05) is 35.9 Å². The van der Waals surface area contributed by atoms with Gasteiger partial charge in [0, 0.05) is 0 Å². The van der Waals surface area contributed by atoms with Crippen molar-refractivity contribution in [3.8, 4) is 5.75 Å². The average molecular weight is 495 g/mol. The fraction of sp³-hybridized carbons (Fsp3) is 0.417. The summed E-state index contributed by atoms with van der Waals surface area (Å²) in [7, 11) is -4.02. The molecule has 188 valence electrons. The van der Waals surface area contributed by atoms with E-state index in [4.69, 9.17) is 19.8 Å². The molecule has 0 aliphatic heterocycles. The van der Waals surface area contributed by atoms with Crippen LogP contribution in [-0.2, 0) is 19.6 Å². The van der Waals surface area contributed by atoms with Gasteiger partial charge in [0.05, 0.1) is 4.90 Å². The highest BCUT2D eigenvalue weighted by Crippen LogP contribution is 2.13. The zero-order valence-corrected chi connectivity index (χ0v) is 20.8. The lowest BCUT2D eigenvalue weighted by Gasteiger charge is -2.23. The molecule has 0 heterocycles. The number of hydrogen-bond donors (Lipinski definition) is 3. The molecule has 0 saturated carbocycles. The van der Waals surface area contributed by atoms with Gasteiger partial charge in [0.2, 0.25) is 0 Å². The maximum Gasteiger partial charge on any atom is 0.408 e. The number of aryl methyl sites for hydroxylation is 1. The minimum Gasteiger partial charge on any atom is -0.444 e. The van der Waals surface area contributed by atoms with Gasteiger partial charge in [-0.25, -0.2) is 9.59 Å². The minimum atomic E-state index is -4.02. The van der Waals surface area contributed by atoms with Crippen LogP contribution in [0.2, 0.25) is 0 Å². The Morgan fingerprint density at radius 2 is 1.62 bits per heavy atom. The smallest absolute Gasteiger partial charge is 0.408 e.